The first-order valence-corrected chi connectivity index (χ1v) is 11.6. The van der Waals surface area contributed by atoms with Gasteiger partial charge in [0.2, 0.25) is 5.91 Å². The molecule has 0 radical (unpaired) electrons. The number of hydrogen-bond donors (Lipinski definition) is 1. The lowest BCUT2D eigenvalue weighted by atomic mass is 9.78. The number of amides is 1. The summed E-state index contributed by atoms with van der Waals surface area (Å²) in [7, 11) is 0. The normalized spacial score (nSPS) is 34.9. The molecular weight excluding hydrogens is 426 g/mol. The van der Waals surface area contributed by atoms with Gasteiger partial charge in [0.25, 0.3) is 0 Å². The molecule has 2 aliphatic carbocycles. The molecule has 1 N–H and O–H groups in total. The number of carbonyl (C=O) groups is 1. The van der Waals surface area contributed by atoms with E-state index >= 15 is 0 Å². The highest BCUT2D eigenvalue weighted by atomic mass is 19.4. The van der Waals surface area contributed by atoms with Gasteiger partial charge in [0, 0.05) is 50.1 Å². The van der Waals surface area contributed by atoms with E-state index in [1.807, 2.05) is 0 Å². The molecule has 1 saturated heterocycles. The van der Waals surface area contributed by atoms with Gasteiger partial charge in [-0.25, -0.2) is 4.39 Å². The molecule has 5 rings (SSSR count). The average Bonchev–Trinajstić information content (AvgIpc) is 3.31. The Hall–Kier alpha value is -1.74. The highest BCUT2D eigenvalue weighted by molar-refractivity contribution is 5.84. The minimum atomic E-state index is -4.45. The van der Waals surface area contributed by atoms with Crippen LogP contribution in [-0.4, -0.2) is 53.8 Å². The molecule has 9 heteroatoms. The lowest BCUT2D eigenvalue weighted by Crippen LogP contribution is -2.49. The van der Waals surface area contributed by atoms with E-state index in [2.05, 4.69) is 10.3 Å². The molecule has 32 heavy (non-hydrogen) atoms. The number of aromatic nitrogens is 1. The predicted octanol–water partition coefficient (Wildman–Crippen LogP) is 3.65. The van der Waals surface area contributed by atoms with Crippen LogP contribution in [0.15, 0.2) is 12.3 Å². The Morgan fingerprint density at radius 3 is 2.94 bits per heavy atom. The van der Waals surface area contributed by atoms with Crippen LogP contribution in [0.5, 0.6) is 0 Å². The van der Waals surface area contributed by atoms with Gasteiger partial charge in [-0.1, -0.05) is 6.42 Å². The molecule has 0 bridgehead atoms. The van der Waals surface area contributed by atoms with Gasteiger partial charge in [-0.2, -0.15) is 13.2 Å². The molecule has 3 fully saturated rings. The first kappa shape index (κ1) is 22.1. The fourth-order valence-corrected chi connectivity index (χ4v) is 6.38. The molecule has 0 aromatic carbocycles. The molecule has 5 nitrogen and oxygen atoms in total. The number of fused-ring (bicyclic) bond motifs is 2. The molecule has 176 valence electrons. The van der Waals surface area contributed by atoms with Gasteiger partial charge in [0.05, 0.1) is 17.6 Å². The molecule has 4 aliphatic rings. The van der Waals surface area contributed by atoms with E-state index in [4.69, 9.17) is 4.74 Å². The van der Waals surface area contributed by atoms with Crippen molar-refractivity contribution in [2.24, 2.45) is 11.3 Å². The van der Waals surface area contributed by atoms with Gasteiger partial charge in [0.15, 0.2) is 0 Å². The first-order chi connectivity index (χ1) is 15.3. The molecule has 5 atom stereocenters. The molecule has 2 aliphatic heterocycles. The van der Waals surface area contributed by atoms with Gasteiger partial charge in [-0.05, 0) is 49.7 Å². The minimum absolute atomic E-state index is 0.0520. The Labute approximate surface area is 184 Å². The van der Waals surface area contributed by atoms with Crippen LogP contribution in [-0.2, 0) is 28.7 Å². The number of rotatable bonds is 3. The number of halogens is 4. The zero-order valence-electron chi connectivity index (χ0n) is 18.0. The Kier molecular flexibility index (Phi) is 5.68. The molecule has 1 aromatic rings. The van der Waals surface area contributed by atoms with Crippen molar-refractivity contribution in [2.45, 2.75) is 75.9 Å². The number of hydrogen-bond acceptors (Lipinski definition) is 4. The van der Waals surface area contributed by atoms with Crippen molar-refractivity contribution in [2.75, 3.05) is 19.8 Å². The fraction of sp³-hybridized carbons (Fsp3) is 0.739. The summed E-state index contributed by atoms with van der Waals surface area (Å²) < 4.78 is 58.8. The van der Waals surface area contributed by atoms with E-state index in [1.165, 1.54) is 0 Å². The van der Waals surface area contributed by atoms with Crippen LogP contribution < -0.4 is 5.32 Å². The molecule has 2 saturated carbocycles. The van der Waals surface area contributed by atoms with Crippen LogP contribution in [0.4, 0.5) is 17.6 Å². The summed E-state index contributed by atoms with van der Waals surface area (Å²) in [4.78, 5) is 19.5. The third-order valence-electron chi connectivity index (χ3n) is 7.95. The summed E-state index contributed by atoms with van der Waals surface area (Å²) >= 11 is 0. The summed E-state index contributed by atoms with van der Waals surface area (Å²) in [5, 5.41) is 3.46. The average molecular weight is 455 g/mol. The third kappa shape index (κ3) is 3.91. The number of nitrogens with zero attached hydrogens (tertiary/aromatic N) is 2. The van der Waals surface area contributed by atoms with Crippen molar-refractivity contribution < 1.29 is 27.1 Å². The SMILES string of the molecule is O=C(N1CCc2ncc(C(F)(F)F)cc2C1)[C@@]12CCC[C@@H]1C[C@@H](NC1CCOC[C@H]1F)C2. The van der Waals surface area contributed by atoms with Gasteiger partial charge in [0.1, 0.15) is 6.17 Å². The van der Waals surface area contributed by atoms with E-state index < -0.39 is 23.3 Å². The van der Waals surface area contributed by atoms with Crippen molar-refractivity contribution in [1.82, 2.24) is 15.2 Å². The quantitative estimate of drug-likeness (QED) is 0.707. The summed E-state index contributed by atoms with van der Waals surface area (Å²) in [5.74, 6) is 0.294. The van der Waals surface area contributed by atoms with E-state index in [-0.39, 0.29) is 37.1 Å². The first-order valence-electron chi connectivity index (χ1n) is 11.6. The van der Waals surface area contributed by atoms with Crippen molar-refractivity contribution in [3.8, 4) is 0 Å². The topological polar surface area (TPSA) is 54.5 Å². The second-order valence-electron chi connectivity index (χ2n) is 9.84. The number of carbonyl (C=O) groups excluding carboxylic acids is 1. The number of nitrogens with one attached hydrogen (secondary N) is 1. The molecule has 0 spiro atoms. The van der Waals surface area contributed by atoms with Crippen LogP contribution in [0.3, 0.4) is 0 Å². The van der Waals surface area contributed by atoms with Crippen molar-refractivity contribution in [1.29, 1.82) is 0 Å². The minimum Gasteiger partial charge on any atom is -0.378 e. The van der Waals surface area contributed by atoms with Crippen LogP contribution in [0.25, 0.3) is 0 Å². The van der Waals surface area contributed by atoms with Crippen LogP contribution >= 0.6 is 0 Å². The Morgan fingerprint density at radius 1 is 1.31 bits per heavy atom. The Balaban J connectivity index is 1.31. The van der Waals surface area contributed by atoms with Gasteiger partial charge in [-0.15, -0.1) is 0 Å². The number of ether oxygens (including phenoxy) is 1. The van der Waals surface area contributed by atoms with Gasteiger partial charge >= 0.3 is 6.18 Å². The smallest absolute Gasteiger partial charge is 0.378 e. The zero-order chi connectivity index (χ0) is 22.5. The maximum atomic E-state index is 14.2. The Bertz CT molecular complexity index is 879. The van der Waals surface area contributed by atoms with Crippen LogP contribution in [0.1, 0.15) is 55.3 Å². The van der Waals surface area contributed by atoms with E-state index in [9.17, 15) is 22.4 Å². The fourth-order valence-electron chi connectivity index (χ4n) is 6.38. The highest BCUT2D eigenvalue weighted by Crippen LogP contribution is 2.55. The maximum Gasteiger partial charge on any atom is 0.417 e. The molecule has 3 heterocycles. The third-order valence-corrected chi connectivity index (χ3v) is 7.95. The van der Waals surface area contributed by atoms with Gasteiger partial charge < -0.3 is 15.0 Å². The van der Waals surface area contributed by atoms with Crippen molar-refractivity contribution in [3.63, 3.8) is 0 Å². The second-order valence-corrected chi connectivity index (χ2v) is 9.84. The second kappa shape index (κ2) is 8.24. The molecule has 1 aromatic heterocycles. The summed E-state index contributed by atoms with van der Waals surface area (Å²) in [6.45, 7) is 1.30. The van der Waals surface area contributed by atoms with E-state index in [0.717, 1.165) is 37.9 Å². The summed E-state index contributed by atoms with van der Waals surface area (Å²) in [5.41, 5.74) is -0.131. The summed E-state index contributed by atoms with van der Waals surface area (Å²) in [6.07, 6.45) is 0.752. The van der Waals surface area contributed by atoms with Crippen LogP contribution in [0, 0.1) is 11.3 Å². The van der Waals surface area contributed by atoms with Crippen molar-refractivity contribution in [3.05, 3.63) is 29.1 Å². The standard InChI is InChI=1S/C23H29F4N3O2/c24-18-13-32-7-4-20(18)29-17-9-15-2-1-5-22(15,10-17)21(31)30-6-3-19-14(12-30)8-16(11-28-19)23(25,26)27/h8,11,15,17-18,20,29H,1-7,9-10,12-13H2/t15-,17-,18-,20?,22-/m1/s1. The molecule has 1 unspecified atom stereocenters. The molecule has 1 amide bonds. The van der Waals surface area contributed by atoms with Crippen molar-refractivity contribution >= 4 is 5.91 Å². The lowest BCUT2D eigenvalue weighted by molar-refractivity contribution is -0.144. The zero-order valence-corrected chi connectivity index (χ0v) is 18.0. The number of alkyl halides is 4. The van der Waals surface area contributed by atoms with E-state index in [1.54, 1.807) is 4.90 Å². The monoisotopic (exact) mass is 455 g/mol. The predicted molar refractivity (Wildman–Crippen MR) is 108 cm³/mol. The lowest BCUT2D eigenvalue weighted by Gasteiger charge is -2.37. The molecular formula is C23H29F4N3O2. The largest absolute Gasteiger partial charge is 0.417 e. The maximum absolute atomic E-state index is 14.2. The van der Waals surface area contributed by atoms with Gasteiger partial charge in [-0.3, -0.25) is 9.78 Å². The number of pyridine rings is 1. The highest BCUT2D eigenvalue weighted by Gasteiger charge is 2.56. The van der Waals surface area contributed by atoms with E-state index in [0.29, 0.717) is 43.7 Å². The van der Waals surface area contributed by atoms with Crippen LogP contribution in [0.2, 0.25) is 0 Å². The Morgan fingerprint density at radius 2 is 2.16 bits per heavy atom. The summed E-state index contributed by atoms with van der Waals surface area (Å²) in [6, 6.07) is 0.978.